The second kappa shape index (κ2) is 9.99. The monoisotopic (exact) mass is 412 g/mol. The van der Waals surface area contributed by atoms with Crippen LogP contribution in [0.3, 0.4) is 0 Å². The van der Waals surface area contributed by atoms with Crippen molar-refractivity contribution in [1.29, 1.82) is 0 Å². The van der Waals surface area contributed by atoms with Gasteiger partial charge >= 0.3 is 5.97 Å². The number of nitrogens with one attached hydrogen (secondary N) is 2. The molecule has 1 aliphatic heterocycles. The number of sulfonamides is 1. The van der Waals surface area contributed by atoms with E-state index in [9.17, 15) is 18.0 Å². The molecule has 0 aromatic heterocycles. The Morgan fingerprint density at radius 3 is 2.36 bits per heavy atom. The molecule has 1 saturated heterocycles. The number of nitrogens with zero attached hydrogens (tertiary/aromatic N) is 1. The number of amides is 1. The molecular weight excluding hydrogens is 382 g/mol. The molecule has 28 heavy (non-hydrogen) atoms. The van der Waals surface area contributed by atoms with Crippen LogP contribution in [-0.4, -0.2) is 71.0 Å². The van der Waals surface area contributed by atoms with Crippen molar-refractivity contribution in [2.75, 3.05) is 46.4 Å². The largest absolute Gasteiger partial charge is 0.468 e. The lowest BCUT2D eigenvalue weighted by atomic mass is 9.99. The number of piperazine rings is 1. The van der Waals surface area contributed by atoms with Crippen LogP contribution in [0, 0.1) is 0 Å². The summed E-state index contributed by atoms with van der Waals surface area (Å²) in [7, 11) is -2.27. The van der Waals surface area contributed by atoms with E-state index in [0.29, 0.717) is 37.0 Å². The van der Waals surface area contributed by atoms with Gasteiger partial charge in [0.1, 0.15) is 6.54 Å². The summed E-state index contributed by atoms with van der Waals surface area (Å²) in [6.45, 7) is 6.06. The van der Waals surface area contributed by atoms with E-state index in [0.717, 1.165) is 16.9 Å². The topological polar surface area (TPSA) is 97.2 Å². The lowest BCUT2D eigenvalue weighted by molar-refractivity contribution is -0.895. The average Bonchev–Trinajstić information content (AvgIpc) is 2.71. The van der Waals surface area contributed by atoms with Gasteiger partial charge in [0.2, 0.25) is 10.0 Å². The molecule has 156 valence electrons. The smallest absolute Gasteiger partial charge is 0.325 e. The Hall–Kier alpha value is -1.97. The highest BCUT2D eigenvalue weighted by molar-refractivity contribution is 7.89. The summed E-state index contributed by atoms with van der Waals surface area (Å²) < 4.78 is 31.7. The Kier molecular flexibility index (Phi) is 7.97. The lowest BCUT2D eigenvalue weighted by Gasteiger charge is -2.31. The lowest BCUT2D eigenvalue weighted by Crippen LogP contribution is -3.15. The zero-order chi connectivity index (χ0) is 20.7. The summed E-state index contributed by atoms with van der Waals surface area (Å²) >= 11 is 0. The van der Waals surface area contributed by atoms with Crippen LogP contribution in [0.5, 0.6) is 0 Å². The van der Waals surface area contributed by atoms with E-state index >= 15 is 0 Å². The molecule has 1 aromatic carbocycles. The first kappa shape index (κ1) is 22.3. The standard InChI is InChI=1S/C19H29N3O5S/c1-4-15(2)16-5-7-17(8-6-16)28(25,26)22-11-9-21(10-12-22)14-18(23)20-13-19(24)27-3/h5-8,15H,4,9-14H2,1-3H3,(H,20,23)/p+1/t15-/m0/s1. The van der Waals surface area contributed by atoms with Gasteiger partial charge in [-0.3, -0.25) is 9.59 Å². The van der Waals surface area contributed by atoms with Gasteiger partial charge in [-0.05, 0) is 30.0 Å². The second-order valence-corrected chi connectivity index (χ2v) is 9.00. The highest BCUT2D eigenvalue weighted by Gasteiger charge is 2.31. The van der Waals surface area contributed by atoms with E-state index in [1.54, 1.807) is 12.1 Å². The van der Waals surface area contributed by atoms with Crippen molar-refractivity contribution >= 4 is 21.9 Å². The number of carbonyl (C=O) groups is 2. The molecule has 1 aliphatic rings. The Morgan fingerprint density at radius 2 is 1.82 bits per heavy atom. The summed E-state index contributed by atoms with van der Waals surface area (Å²) in [5.74, 6) is -0.356. The van der Waals surface area contributed by atoms with Crippen LogP contribution in [0.4, 0.5) is 0 Å². The molecule has 1 heterocycles. The number of hydrogen-bond acceptors (Lipinski definition) is 5. The van der Waals surface area contributed by atoms with E-state index in [1.165, 1.54) is 11.4 Å². The highest BCUT2D eigenvalue weighted by Crippen LogP contribution is 2.22. The van der Waals surface area contributed by atoms with Crippen molar-refractivity contribution in [1.82, 2.24) is 9.62 Å². The van der Waals surface area contributed by atoms with Gasteiger partial charge in [0, 0.05) is 0 Å². The van der Waals surface area contributed by atoms with Crippen molar-refractivity contribution in [2.45, 2.75) is 31.1 Å². The first-order chi connectivity index (χ1) is 13.3. The summed E-state index contributed by atoms with van der Waals surface area (Å²) in [5, 5.41) is 2.50. The van der Waals surface area contributed by atoms with Gasteiger partial charge in [-0.2, -0.15) is 4.31 Å². The number of ether oxygens (including phenoxy) is 1. The quantitative estimate of drug-likeness (QED) is 0.555. The van der Waals surface area contributed by atoms with Gasteiger partial charge < -0.3 is 15.0 Å². The minimum Gasteiger partial charge on any atom is -0.468 e. The molecule has 1 aromatic rings. The molecule has 0 radical (unpaired) electrons. The average molecular weight is 413 g/mol. The molecule has 0 saturated carbocycles. The maximum atomic E-state index is 12.9. The van der Waals surface area contributed by atoms with E-state index in [1.807, 2.05) is 12.1 Å². The molecular formula is C19H30N3O5S+. The molecule has 9 heteroatoms. The summed E-state index contributed by atoms with van der Waals surface area (Å²) in [6, 6.07) is 7.12. The molecule has 8 nitrogen and oxygen atoms in total. The van der Waals surface area contributed by atoms with Gasteiger partial charge in [-0.1, -0.05) is 26.0 Å². The van der Waals surface area contributed by atoms with Crippen molar-refractivity contribution in [3.05, 3.63) is 29.8 Å². The molecule has 0 bridgehead atoms. The number of rotatable bonds is 8. The van der Waals surface area contributed by atoms with E-state index in [-0.39, 0.29) is 19.0 Å². The minimum atomic E-state index is -3.53. The SMILES string of the molecule is CC[C@H](C)c1ccc(S(=O)(=O)N2CC[NH+](CC(=O)NCC(=O)OC)CC2)cc1. The van der Waals surface area contributed by atoms with E-state index in [4.69, 9.17) is 0 Å². The van der Waals surface area contributed by atoms with Gasteiger partial charge in [0.25, 0.3) is 5.91 Å². The fraction of sp³-hybridized carbons (Fsp3) is 0.579. The summed E-state index contributed by atoms with van der Waals surface area (Å²) in [5.41, 5.74) is 1.13. The van der Waals surface area contributed by atoms with Crippen LogP contribution in [0.25, 0.3) is 0 Å². The van der Waals surface area contributed by atoms with Crippen molar-refractivity contribution < 1.29 is 27.6 Å². The van der Waals surface area contributed by atoms with Crippen LogP contribution >= 0.6 is 0 Å². The molecule has 0 unspecified atom stereocenters. The number of esters is 1. The predicted octanol–water partition coefficient (Wildman–Crippen LogP) is -0.621. The summed E-state index contributed by atoms with van der Waals surface area (Å²) in [6.07, 6.45) is 1.00. The van der Waals surface area contributed by atoms with Crippen LogP contribution in [0.15, 0.2) is 29.2 Å². The van der Waals surface area contributed by atoms with Crippen molar-refractivity contribution in [3.63, 3.8) is 0 Å². The molecule has 0 spiro atoms. The number of hydrogen-bond donors (Lipinski definition) is 2. The van der Waals surface area contributed by atoms with Gasteiger partial charge in [-0.25, -0.2) is 8.42 Å². The first-order valence-electron chi connectivity index (χ1n) is 9.55. The van der Waals surface area contributed by atoms with E-state index < -0.39 is 16.0 Å². The Bertz CT molecular complexity index is 771. The third-order valence-corrected chi connectivity index (χ3v) is 7.11. The number of carbonyl (C=O) groups excluding carboxylic acids is 2. The Morgan fingerprint density at radius 1 is 1.21 bits per heavy atom. The molecule has 2 rings (SSSR count). The van der Waals surface area contributed by atoms with Crippen LogP contribution in [0.2, 0.25) is 0 Å². The third-order valence-electron chi connectivity index (χ3n) is 5.20. The normalized spacial score (nSPS) is 17.1. The first-order valence-corrected chi connectivity index (χ1v) is 11.0. The Balaban J connectivity index is 1.89. The molecule has 0 aliphatic carbocycles. The fourth-order valence-electron chi connectivity index (χ4n) is 3.11. The molecule has 2 N–H and O–H groups in total. The summed E-state index contributed by atoms with van der Waals surface area (Å²) in [4.78, 5) is 24.2. The van der Waals surface area contributed by atoms with Gasteiger partial charge in [-0.15, -0.1) is 0 Å². The van der Waals surface area contributed by atoms with Crippen LogP contribution < -0.4 is 10.2 Å². The maximum absolute atomic E-state index is 12.9. The molecule has 1 fully saturated rings. The third kappa shape index (κ3) is 5.76. The van der Waals surface area contributed by atoms with Crippen molar-refractivity contribution in [2.24, 2.45) is 0 Å². The number of quaternary nitrogens is 1. The zero-order valence-corrected chi connectivity index (χ0v) is 17.5. The van der Waals surface area contributed by atoms with Gasteiger partial charge in [0.05, 0.1) is 38.2 Å². The highest BCUT2D eigenvalue weighted by atomic mass is 32.2. The second-order valence-electron chi connectivity index (χ2n) is 7.06. The Labute approximate surface area is 166 Å². The number of methoxy groups -OCH3 is 1. The van der Waals surface area contributed by atoms with Crippen LogP contribution in [-0.2, 0) is 24.3 Å². The predicted molar refractivity (Wildman–Crippen MR) is 104 cm³/mol. The number of benzene rings is 1. The van der Waals surface area contributed by atoms with Gasteiger partial charge in [0.15, 0.2) is 6.54 Å². The minimum absolute atomic E-state index is 0.157. The molecule has 1 atom stereocenters. The fourth-order valence-corrected chi connectivity index (χ4v) is 4.55. The maximum Gasteiger partial charge on any atom is 0.325 e. The van der Waals surface area contributed by atoms with Crippen LogP contribution in [0.1, 0.15) is 31.7 Å². The van der Waals surface area contributed by atoms with Crippen molar-refractivity contribution in [3.8, 4) is 0 Å². The van der Waals surface area contributed by atoms with E-state index in [2.05, 4.69) is 23.9 Å². The molecule has 1 amide bonds. The zero-order valence-electron chi connectivity index (χ0n) is 16.7.